The standard InChI is InChI=1S/C20H19F3N2O3S/c1-2-18(29(26,27)15-11-13(21)10-14(22)12-15)20(25-6-8-28-9-7-25)16-4-3-5-17(23)19(16)24/h2-5,10-12H,1,6-9,24H2/b20-18-. The van der Waals surface area contributed by atoms with Gasteiger partial charge in [0.1, 0.15) is 17.5 Å². The van der Waals surface area contributed by atoms with Crippen molar-refractivity contribution < 1.29 is 26.3 Å². The Kier molecular flexibility index (Phi) is 5.99. The zero-order valence-corrected chi connectivity index (χ0v) is 16.2. The Morgan fingerprint density at radius 3 is 2.31 bits per heavy atom. The van der Waals surface area contributed by atoms with Crippen LogP contribution in [0.25, 0.3) is 5.70 Å². The minimum Gasteiger partial charge on any atom is -0.396 e. The van der Waals surface area contributed by atoms with Crippen molar-refractivity contribution in [3.8, 4) is 0 Å². The van der Waals surface area contributed by atoms with Crippen LogP contribution in [-0.4, -0.2) is 39.6 Å². The SMILES string of the molecule is C=C/C(=C(\c1cccc(F)c1N)N1CCOCC1)S(=O)(=O)c1cc(F)cc(F)c1. The summed E-state index contributed by atoms with van der Waals surface area (Å²) in [5, 5.41) is 0. The second-order valence-corrected chi connectivity index (χ2v) is 8.24. The fourth-order valence-electron chi connectivity index (χ4n) is 3.13. The lowest BCUT2D eigenvalue weighted by atomic mass is 10.1. The average Bonchev–Trinajstić information content (AvgIpc) is 2.68. The summed E-state index contributed by atoms with van der Waals surface area (Å²) in [6.07, 6.45) is 1.06. The van der Waals surface area contributed by atoms with E-state index < -0.39 is 32.2 Å². The summed E-state index contributed by atoms with van der Waals surface area (Å²) in [5.41, 5.74) is 5.90. The third-order valence-corrected chi connectivity index (χ3v) is 6.29. The van der Waals surface area contributed by atoms with Gasteiger partial charge in [-0.15, -0.1) is 0 Å². The number of rotatable bonds is 5. The summed E-state index contributed by atoms with van der Waals surface area (Å²) in [6, 6.07) is 6.04. The number of morpholine rings is 1. The van der Waals surface area contributed by atoms with Gasteiger partial charge < -0.3 is 15.4 Å². The van der Waals surface area contributed by atoms with Gasteiger partial charge in [0.05, 0.1) is 34.4 Å². The molecule has 0 amide bonds. The van der Waals surface area contributed by atoms with E-state index in [1.165, 1.54) is 12.1 Å². The van der Waals surface area contributed by atoms with Crippen molar-refractivity contribution in [3.05, 3.63) is 77.0 Å². The predicted octanol–water partition coefficient (Wildman–Crippen LogP) is 3.35. The number of sulfone groups is 1. The zero-order chi connectivity index (χ0) is 21.2. The number of hydrogen-bond donors (Lipinski definition) is 1. The number of allylic oxidation sites excluding steroid dienone is 1. The fourth-order valence-corrected chi connectivity index (χ4v) is 4.64. The molecule has 1 aliphatic heterocycles. The molecule has 3 rings (SSSR count). The molecule has 1 fully saturated rings. The molecule has 0 atom stereocenters. The molecule has 29 heavy (non-hydrogen) atoms. The third-order valence-electron chi connectivity index (χ3n) is 4.49. The maximum atomic E-state index is 14.1. The summed E-state index contributed by atoms with van der Waals surface area (Å²) in [6.45, 7) is 4.84. The zero-order valence-electron chi connectivity index (χ0n) is 15.4. The number of para-hydroxylation sites is 1. The van der Waals surface area contributed by atoms with Crippen molar-refractivity contribution in [3.63, 3.8) is 0 Å². The number of nitrogen functional groups attached to an aromatic ring is 1. The van der Waals surface area contributed by atoms with E-state index in [-0.39, 0.29) is 21.9 Å². The molecular formula is C20H19F3N2O3S. The van der Waals surface area contributed by atoms with Crippen LogP contribution in [0.1, 0.15) is 5.56 Å². The van der Waals surface area contributed by atoms with Gasteiger partial charge in [0.2, 0.25) is 9.84 Å². The summed E-state index contributed by atoms with van der Waals surface area (Å²) < 4.78 is 73.3. The summed E-state index contributed by atoms with van der Waals surface area (Å²) in [7, 11) is -4.40. The molecule has 0 bridgehead atoms. The van der Waals surface area contributed by atoms with Gasteiger partial charge >= 0.3 is 0 Å². The molecule has 2 aromatic rings. The van der Waals surface area contributed by atoms with Crippen LogP contribution >= 0.6 is 0 Å². The van der Waals surface area contributed by atoms with Crippen molar-refractivity contribution in [1.29, 1.82) is 0 Å². The van der Waals surface area contributed by atoms with Crippen LogP contribution in [0.15, 0.2) is 58.9 Å². The molecule has 1 aliphatic rings. The molecule has 0 aliphatic carbocycles. The molecule has 2 N–H and O–H groups in total. The number of nitrogens with zero attached hydrogens (tertiary/aromatic N) is 1. The first-order valence-corrected chi connectivity index (χ1v) is 10.2. The second kappa shape index (κ2) is 8.30. The van der Waals surface area contributed by atoms with Gasteiger partial charge in [0.15, 0.2) is 0 Å². The van der Waals surface area contributed by atoms with Crippen molar-refractivity contribution >= 4 is 21.2 Å². The summed E-state index contributed by atoms with van der Waals surface area (Å²) in [4.78, 5) is 0.770. The van der Waals surface area contributed by atoms with Crippen LogP contribution in [0.3, 0.4) is 0 Å². The molecule has 9 heteroatoms. The molecule has 1 heterocycles. The Bertz CT molecular complexity index is 1060. The molecule has 0 saturated carbocycles. The molecule has 2 aromatic carbocycles. The van der Waals surface area contributed by atoms with Crippen LogP contribution in [-0.2, 0) is 14.6 Å². The van der Waals surface area contributed by atoms with E-state index in [9.17, 15) is 21.6 Å². The van der Waals surface area contributed by atoms with Crippen LogP contribution in [0.4, 0.5) is 18.9 Å². The van der Waals surface area contributed by atoms with Crippen molar-refractivity contribution in [1.82, 2.24) is 4.90 Å². The highest BCUT2D eigenvalue weighted by atomic mass is 32.2. The van der Waals surface area contributed by atoms with E-state index in [0.717, 1.165) is 12.1 Å². The molecule has 1 saturated heterocycles. The van der Waals surface area contributed by atoms with Crippen molar-refractivity contribution in [2.45, 2.75) is 4.90 Å². The van der Waals surface area contributed by atoms with Crippen LogP contribution in [0.2, 0.25) is 0 Å². The summed E-state index contributed by atoms with van der Waals surface area (Å²) in [5.74, 6) is -2.79. The second-order valence-electron chi connectivity index (χ2n) is 6.33. The third kappa shape index (κ3) is 4.15. The highest BCUT2D eigenvalue weighted by molar-refractivity contribution is 7.95. The average molecular weight is 424 g/mol. The molecule has 0 spiro atoms. The largest absolute Gasteiger partial charge is 0.396 e. The lowest BCUT2D eigenvalue weighted by Crippen LogP contribution is -2.36. The van der Waals surface area contributed by atoms with E-state index >= 15 is 0 Å². The van der Waals surface area contributed by atoms with Gasteiger partial charge in [-0.2, -0.15) is 0 Å². The number of anilines is 1. The Balaban J connectivity index is 2.31. The van der Waals surface area contributed by atoms with Gasteiger partial charge in [0.25, 0.3) is 0 Å². The lowest BCUT2D eigenvalue weighted by molar-refractivity contribution is 0.0639. The minimum absolute atomic E-state index is 0.102. The molecular weight excluding hydrogens is 405 g/mol. The Hall–Kier alpha value is -2.78. The fraction of sp³-hybridized carbons (Fsp3) is 0.200. The topological polar surface area (TPSA) is 72.6 Å². The maximum Gasteiger partial charge on any atom is 0.208 e. The number of halogens is 3. The number of nitrogens with two attached hydrogens (primary N) is 1. The van der Waals surface area contributed by atoms with E-state index in [2.05, 4.69) is 6.58 Å². The maximum absolute atomic E-state index is 14.1. The van der Waals surface area contributed by atoms with E-state index in [1.807, 2.05) is 0 Å². The van der Waals surface area contributed by atoms with E-state index in [1.54, 1.807) is 4.90 Å². The number of benzene rings is 2. The first kappa shape index (κ1) is 20.9. The predicted molar refractivity (Wildman–Crippen MR) is 104 cm³/mol. The van der Waals surface area contributed by atoms with Gasteiger partial charge in [-0.05, 0) is 24.3 Å². The smallest absolute Gasteiger partial charge is 0.208 e. The molecule has 0 radical (unpaired) electrons. The van der Waals surface area contributed by atoms with Gasteiger partial charge in [-0.25, -0.2) is 21.6 Å². The monoisotopic (exact) mass is 424 g/mol. The van der Waals surface area contributed by atoms with Gasteiger partial charge in [-0.1, -0.05) is 18.7 Å². The van der Waals surface area contributed by atoms with Crippen LogP contribution < -0.4 is 5.73 Å². The molecule has 154 valence electrons. The number of ether oxygens (including phenoxy) is 1. The quantitative estimate of drug-likeness (QED) is 0.589. The summed E-state index contributed by atoms with van der Waals surface area (Å²) >= 11 is 0. The lowest BCUT2D eigenvalue weighted by Gasteiger charge is -2.33. The van der Waals surface area contributed by atoms with Gasteiger partial charge in [-0.3, -0.25) is 0 Å². The molecule has 0 unspecified atom stereocenters. The van der Waals surface area contributed by atoms with Gasteiger partial charge in [0, 0.05) is 24.7 Å². The first-order valence-electron chi connectivity index (χ1n) is 8.70. The highest BCUT2D eigenvalue weighted by Gasteiger charge is 2.29. The normalized spacial score (nSPS) is 15.8. The van der Waals surface area contributed by atoms with Crippen molar-refractivity contribution in [2.75, 3.05) is 32.0 Å². The number of hydrogen-bond acceptors (Lipinski definition) is 5. The van der Waals surface area contributed by atoms with Crippen LogP contribution in [0.5, 0.6) is 0 Å². The van der Waals surface area contributed by atoms with E-state index in [4.69, 9.17) is 10.5 Å². The van der Waals surface area contributed by atoms with Crippen molar-refractivity contribution in [2.24, 2.45) is 0 Å². The van der Waals surface area contributed by atoms with Crippen LogP contribution in [0, 0.1) is 17.5 Å². The van der Waals surface area contributed by atoms with E-state index in [0.29, 0.717) is 44.5 Å². The highest BCUT2D eigenvalue weighted by Crippen LogP contribution is 2.35. The molecule has 0 aromatic heterocycles. The Morgan fingerprint density at radius 1 is 1.10 bits per heavy atom. The Labute approximate surface area is 166 Å². The first-order chi connectivity index (χ1) is 13.8. The Morgan fingerprint density at radius 2 is 1.72 bits per heavy atom. The molecule has 5 nitrogen and oxygen atoms in total. The minimum atomic E-state index is -4.40.